The summed E-state index contributed by atoms with van der Waals surface area (Å²) in [6.07, 6.45) is 10.5. The molecule has 1 aromatic heterocycles. The minimum Gasteiger partial charge on any atom is -0.361 e. The molecule has 2 heterocycles. The van der Waals surface area contributed by atoms with Gasteiger partial charge in [-0.15, -0.1) is 0 Å². The fourth-order valence-corrected chi connectivity index (χ4v) is 10.1. The molecular formula is C56H51N6+. The molecule has 0 bridgehead atoms. The normalized spacial score (nSPS) is 15.0. The van der Waals surface area contributed by atoms with Crippen LogP contribution in [0.15, 0.2) is 189 Å². The predicted octanol–water partition coefficient (Wildman–Crippen LogP) is 13.0. The Labute approximate surface area is 365 Å². The highest BCUT2D eigenvalue weighted by molar-refractivity contribution is 5.92. The number of aromatic nitrogens is 2. The SMILES string of the molecule is CN1C=CN(c2ccc(N(c3ccccc3)c3ccc4c(c3)C(C)(C)c3cc5c(cc3-4)C(C)(C)c3cc(N(c4ccccc4)c4ccc(-n6cc[n+](C)c6)cc4)ccc3-5)cc2)C1. The molecule has 0 amide bonds. The number of anilines is 7. The second-order valence-electron chi connectivity index (χ2n) is 18.2. The number of imidazole rings is 1. The Balaban J connectivity index is 0.957. The molecule has 0 fully saturated rings. The number of nitrogens with zero attached hydrogens (tertiary/aromatic N) is 6. The molecule has 2 aliphatic carbocycles. The van der Waals surface area contributed by atoms with Crippen LogP contribution in [0, 0.1) is 0 Å². The highest BCUT2D eigenvalue weighted by atomic mass is 15.3. The van der Waals surface area contributed by atoms with E-state index in [0.29, 0.717) is 0 Å². The fourth-order valence-electron chi connectivity index (χ4n) is 10.1. The van der Waals surface area contributed by atoms with Crippen LogP contribution in [-0.2, 0) is 17.9 Å². The van der Waals surface area contributed by atoms with E-state index >= 15 is 0 Å². The standard InChI is InChI=1S/C56H51N6/c1-55(2)51-33-45(61(41-13-9-7-10-14-41)43-21-17-39(18-22-43)59-31-29-57(5)37-59)25-27-47(51)49-36-54-50(35-53(49)55)48-28-26-46(34-52(48)56(54,3)4)62(42-15-11-8-12-16-42)44-23-19-40(20-24-44)60-32-30-58(6)38-60/h7-37H,38H2,1-6H3/q+1. The Morgan fingerprint density at radius 2 is 0.903 bits per heavy atom. The number of hydrogen-bond donors (Lipinski definition) is 0. The van der Waals surface area contributed by atoms with Gasteiger partial charge in [-0.1, -0.05) is 76.2 Å². The third-order valence-electron chi connectivity index (χ3n) is 13.5. The summed E-state index contributed by atoms with van der Waals surface area (Å²) in [6, 6.07) is 58.5. The van der Waals surface area contributed by atoms with Crippen molar-refractivity contribution >= 4 is 39.8 Å². The van der Waals surface area contributed by atoms with Crippen LogP contribution < -0.4 is 19.3 Å². The number of aryl methyl sites for hydroxylation is 1. The van der Waals surface area contributed by atoms with Gasteiger partial charge in [-0.25, -0.2) is 9.13 Å². The number of benzene rings is 7. The molecule has 0 unspecified atom stereocenters. The first kappa shape index (κ1) is 37.7. The van der Waals surface area contributed by atoms with E-state index in [2.05, 4.69) is 252 Å². The van der Waals surface area contributed by atoms with Crippen LogP contribution in [0.25, 0.3) is 27.9 Å². The average Bonchev–Trinajstić information content (AvgIpc) is 4.04. The fraction of sp³-hybridized carbons (Fsp3) is 0.161. The minimum atomic E-state index is -0.199. The van der Waals surface area contributed by atoms with Crippen molar-refractivity contribution in [3.63, 3.8) is 0 Å². The van der Waals surface area contributed by atoms with Crippen molar-refractivity contribution in [1.82, 2.24) is 9.47 Å². The van der Waals surface area contributed by atoms with Gasteiger partial charge in [0, 0.05) is 70.1 Å². The largest absolute Gasteiger partial charge is 0.361 e. The molecule has 304 valence electrons. The summed E-state index contributed by atoms with van der Waals surface area (Å²) in [5.41, 5.74) is 19.6. The monoisotopic (exact) mass is 807 g/mol. The number of para-hydroxylation sites is 2. The van der Waals surface area contributed by atoms with Crippen molar-refractivity contribution < 1.29 is 4.57 Å². The van der Waals surface area contributed by atoms with Crippen LogP contribution in [0.5, 0.6) is 0 Å². The van der Waals surface area contributed by atoms with Gasteiger partial charge in [0.05, 0.1) is 13.7 Å². The molecular weight excluding hydrogens is 757 g/mol. The molecule has 6 nitrogen and oxygen atoms in total. The van der Waals surface area contributed by atoms with Crippen LogP contribution in [0.3, 0.4) is 0 Å². The van der Waals surface area contributed by atoms with Gasteiger partial charge in [-0.3, -0.25) is 0 Å². The Kier molecular flexibility index (Phi) is 8.59. The smallest absolute Gasteiger partial charge is 0.248 e. The van der Waals surface area contributed by atoms with Crippen molar-refractivity contribution in [2.24, 2.45) is 7.05 Å². The van der Waals surface area contributed by atoms with Gasteiger partial charge in [0.15, 0.2) is 0 Å². The lowest BCUT2D eigenvalue weighted by Crippen LogP contribution is -2.23. The summed E-state index contributed by atoms with van der Waals surface area (Å²) < 4.78 is 4.21. The summed E-state index contributed by atoms with van der Waals surface area (Å²) in [5.74, 6) is 0. The maximum Gasteiger partial charge on any atom is 0.248 e. The molecule has 7 aromatic carbocycles. The lowest BCUT2D eigenvalue weighted by atomic mass is 9.79. The van der Waals surface area contributed by atoms with E-state index in [-0.39, 0.29) is 10.8 Å². The van der Waals surface area contributed by atoms with Crippen LogP contribution in [0.2, 0.25) is 0 Å². The molecule has 0 saturated carbocycles. The van der Waals surface area contributed by atoms with E-state index in [1.54, 1.807) is 0 Å². The van der Waals surface area contributed by atoms with Gasteiger partial charge in [0.2, 0.25) is 6.33 Å². The molecule has 11 rings (SSSR count). The lowest BCUT2D eigenvalue weighted by molar-refractivity contribution is -0.670. The molecule has 6 heteroatoms. The van der Waals surface area contributed by atoms with Crippen molar-refractivity contribution in [2.45, 2.75) is 38.5 Å². The zero-order valence-electron chi connectivity index (χ0n) is 36.3. The first-order valence-corrected chi connectivity index (χ1v) is 21.6. The zero-order chi connectivity index (χ0) is 42.3. The van der Waals surface area contributed by atoms with E-state index in [1.807, 2.05) is 7.05 Å². The van der Waals surface area contributed by atoms with Gasteiger partial charge in [0.25, 0.3) is 0 Å². The number of hydrogen-bond acceptors (Lipinski definition) is 4. The van der Waals surface area contributed by atoms with Crippen molar-refractivity contribution in [3.8, 4) is 27.9 Å². The molecule has 0 saturated heterocycles. The highest BCUT2D eigenvalue weighted by Crippen LogP contribution is 2.57. The quantitative estimate of drug-likeness (QED) is 0.143. The first-order valence-electron chi connectivity index (χ1n) is 21.6. The molecule has 0 atom stereocenters. The molecule has 0 spiro atoms. The second kappa shape index (κ2) is 14.1. The molecule has 62 heavy (non-hydrogen) atoms. The Bertz CT molecular complexity index is 3020. The van der Waals surface area contributed by atoms with Crippen molar-refractivity contribution in [2.75, 3.05) is 28.4 Å². The molecule has 1 aliphatic heterocycles. The summed E-state index contributed by atoms with van der Waals surface area (Å²) >= 11 is 0. The Morgan fingerprint density at radius 1 is 0.468 bits per heavy atom. The van der Waals surface area contributed by atoms with Gasteiger partial charge >= 0.3 is 0 Å². The lowest BCUT2D eigenvalue weighted by Gasteiger charge is -2.28. The summed E-state index contributed by atoms with van der Waals surface area (Å²) in [4.78, 5) is 9.23. The molecule has 3 aliphatic rings. The van der Waals surface area contributed by atoms with Gasteiger partial charge in [0.1, 0.15) is 18.1 Å². The minimum absolute atomic E-state index is 0.197. The summed E-state index contributed by atoms with van der Waals surface area (Å²) in [5, 5.41) is 0. The maximum absolute atomic E-state index is 2.52. The van der Waals surface area contributed by atoms with E-state index < -0.39 is 0 Å². The Morgan fingerprint density at radius 3 is 1.34 bits per heavy atom. The topological polar surface area (TPSA) is 21.8 Å². The first-order chi connectivity index (χ1) is 30.0. The van der Waals surface area contributed by atoms with Crippen LogP contribution in [0.4, 0.5) is 39.8 Å². The van der Waals surface area contributed by atoms with Gasteiger partial charge in [-0.2, -0.15) is 0 Å². The van der Waals surface area contributed by atoms with E-state index in [0.717, 1.165) is 46.5 Å². The zero-order valence-corrected chi connectivity index (χ0v) is 36.3. The third kappa shape index (κ3) is 6.04. The molecule has 0 radical (unpaired) electrons. The van der Waals surface area contributed by atoms with Gasteiger partial charge < -0.3 is 19.6 Å². The van der Waals surface area contributed by atoms with Gasteiger partial charge in [-0.05, 0) is 154 Å². The average molecular weight is 808 g/mol. The predicted molar refractivity (Wildman–Crippen MR) is 256 cm³/mol. The maximum atomic E-state index is 2.52. The van der Waals surface area contributed by atoms with E-state index in [1.165, 1.54) is 50.2 Å². The highest BCUT2D eigenvalue weighted by Gasteiger charge is 2.42. The number of fused-ring (bicyclic) bond motifs is 6. The van der Waals surface area contributed by atoms with Crippen molar-refractivity contribution in [1.29, 1.82) is 0 Å². The second-order valence-corrected chi connectivity index (χ2v) is 18.2. The van der Waals surface area contributed by atoms with Crippen LogP contribution in [0.1, 0.15) is 49.9 Å². The summed E-state index contributed by atoms with van der Waals surface area (Å²) in [6.45, 7) is 10.5. The van der Waals surface area contributed by atoms with Crippen molar-refractivity contribution in [3.05, 3.63) is 211 Å². The van der Waals surface area contributed by atoms with Crippen LogP contribution >= 0.6 is 0 Å². The van der Waals surface area contributed by atoms with Crippen LogP contribution in [-0.4, -0.2) is 23.2 Å². The number of rotatable bonds is 8. The Hall–Kier alpha value is -7.31. The molecule has 0 N–H and O–H groups in total. The van der Waals surface area contributed by atoms with E-state index in [4.69, 9.17) is 0 Å². The third-order valence-corrected chi connectivity index (χ3v) is 13.5. The molecule has 8 aromatic rings. The summed E-state index contributed by atoms with van der Waals surface area (Å²) in [7, 11) is 4.15. The van der Waals surface area contributed by atoms with E-state index in [9.17, 15) is 0 Å².